The molecular formula is C10H15FN2O. The monoisotopic (exact) mass is 198 g/mol. The van der Waals surface area contributed by atoms with E-state index >= 15 is 0 Å². The number of nitrogens with zero attached hydrogens (tertiary/aromatic N) is 2. The number of rotatable bonds is 5. The zero-order valence-corrected chi connectivity index (χ0v) is 8.53. The lowest BCUT2D eigenvalue weighted by Gasteiger charge is -2.06. The van der Waals surface area contributed by atoms with Crippen LogP contribution in [0, 0.1) is 11.9 Å². The first-order valence-corrected chi connectivity index (χ1v) is 4.79. The smallest absolute Gasteiger partial charge is 0.219 e. The molecule has 0 atom stereocenters. The Hall–Kier alpha value is -1.19. The summed E-state index contributed by atoms with van der Waals surface area (Å²) in [6, 6.07) is 1.19. The second kappa shape index (κ2) is 5.52. The molecule has 0 fully saturated rings. The molecule has 0 spiro atoms. The van der Waals surface area contributed by atoms with Gasteiger partial charge in [0.1, 0.15) is 6.33 Å². The minimum Gasteiger partial charge on any atom is -0.478 e. The van der Waals surface area contributed by atoms with Crippen molar-refractivity contribution in [3.8, 4) is 5.88 Å². The normalized spacial score (nSPS) is 10.6. The fourth-order valence-electron chi connectivity index (χ4n) is 1.06. The second-order valence-electron chi connectivity index (χ2n) is 3.56. The molecular weight excluding hydrogens is 183 g/mol. The van der Waals surface area contributed by atoms with Crippen LogP contribution < -0.4 is 4.74 Å². The van der Waals surface area contributed by atoms with Crippen molar-refractivity contribution >= 4 is 0 Å². The van der Waals surface area contributed by atoms with E-state index in [1.165, 1.54) is 6.07 Å². The van der Waals surface area contributed by atoms with E-state index in [1.807, 2.05) is 0 Å². The quantitative estimate of drug-likeness (QED) is 0.538. The van der Waals surface area contributed by atoms with E-state index in [-0.39, 0.29) is 0 Å². The highest BCUT2D eigenvalue weighted by Gasteiger charge is 1.99. The van der Waals surface area contributed by atoms with E-state index < -0.39 is 5.95 Å². The Morgan fingerprint density at radius 3 is 2.86 bits per heavy atom. The Kier molecular flexibility index (Phi) is 4.29. The number of halogens is 1. The molecule has 3 nitrogen and oxygen atoms in total. The molecule has 0 amide bonds. The first-order valence-electron chi connectivity index (χ1n) is 4.79. The molecule has 0 aliphatic heterocycles. The molecule has 0 bridgehead atoms. The molecule has 14 heavy (non-hydrogen) atoms. The van der Waals surface area contributed by atoms with Crippen LogP contribution in [0.5, 0.6) is 5.88 Å². The summed E-state index contributed by atoms with van der Waals surface area (Å²) in [6.07, 6.45) is 3.23. The van der Waals surface area contributed by atoms with Gasteiger partial charge in [0.25, 0.3) is 0 Å². The van der Waals surface area contributed by atoms with Gasteiger partial charge in [-0.1, -0.05) is 13.8 Å². The lowest BCUT2D eigenvalue weighted by atomic mass is 10.1. The van der Waals surface area contributed by atoms with E-state index in [1.54, 1.807) is 0 Å². The first-order chi connectivity index (χ1) is 6.68. The van der Waals surface area contributed by atoms with Crippen LogP contribution in [0.4, 0.5) is 4.39 Å². The summed E-state index contributed by atoms with van der Waals surface area (Å²) >= 11 is 0. The van der Waals surface area contributed by atoms with Crippen LogP contribution in [-0.4, -0.2) is 16.6 Å². The Morgan fingerprint density at radius 2 is 2.21 bits per heavy atom. The third-order valence-corrected chi connectivity index (χ3v) is 1.78. The van der Waals surface area contributed by atoms with Crippen LogP contribution in [0.25, 0.3) is 0 Å². The maximum atomic E-state index is 12.6. The second-order valence-corrected chi connectivity index (χ2v) is 3.56. The van der Waals surface area contributed by atoms with Gasteiger partial charge >= 0.3 is 0 Å². The Labute approximate surface area is 83.3 Å². The number of hydrogen-bond donors (Lipinski definition) is 0. The lowest BCUT2D eigenvalue weighted by molar-refractivity contribution is 0.284. The minimum atomic E-state index is -0.557. The molecule has 4 heteroatoms. The van der Waals surface area contributed by atoms with Crippen molar-refractivity contribution in [2.24, 2.45) is 5.92 Å². The van der Waals surface area contributed by atoms with Crippen LogP contribution in [0.2, 0.25) is 0 Å². The van der Waals surface area contributed by atoms with Crippen LogP contribution in [0.3, 0.4) is 0 Å². The predicted molar refractivity (Wildman–Crippen MR) is 51.6 cm³/mol. The average Bonchev–Trinajstić information content (AvgIpc) is 2.12. The molecule has 1 heterocycles. The molecule has 0 aliphatic rings. The van der Waals surface area contributed by atoms with Gasteiger partial charge in [-0.15, -0.1) is 0 Å². The number of hydrogen-bond acceptors (Lipinski definition) is 3. The molecule has 0 aromatic carbocycles. The van der Waals surface area contributed by atoms with Crippen molar-refractivity contribution in [1.82, 2.24) is 9.97 Å². The van der Waals surface area contributed by atoms with Crippen molar-refractivity contribution < 1.29 is 9.13 Å². The topological polar surface area (TPSA) is 35.0 Å². The standard InChI is InChI=1S/C10H15FN2O/c1-8(2)4-3-5-14-10-6-9(11)12-7-13-10/h6-8H,3-5H2,1-2H3. The first kappa shape index (κ1) is 10.9. The van der Waals surface area contributed by atoms with Crippen LogP contribution in [-0.2, 0) is 0 Å². The molecule has 0 N–H and O–H groups in total. The number of ether oxygens (including phenoxy) is 1. The molecule has 0 saturated heterocycles. The van der Waals surface area contributed by atoms with Crippen molar-refractivity contribution in [3.63, 3.8) is 0 Å². The van der Waals surface area contributed by atoms with E-state index in [9.17, 15) is 4.39 Å². The fraction of sp³-hybridized carbons (Fsp3) is 0.600. The summed E-state index contributed by atoms with van der Waals surface area (Å²) in [5.41, 5.74) is 0. The highest BCUT2D eigenvalue weighted by atomic mass is 19.1. The zero-order valence-electron chi connectivity index (χ0n) is 8.53. The van der Waals surface area contributed by atoms with Gasteiger partial charge in [-0.05, 0) is 18.8 Å². The van der Waals surface area contributed by atoms with Gasteiger partial charge in [-0.2, -0.15) is 4.39 Å². The predicted octanol–water partition coefficient (Wildman–Crippen LogP) is 2.43. The van der Waals surface area contributed by atoms with Gasteiger partial charge in [-0.3, -0.25) is 0 Å². The zero-order chi connectivity index (χ0) is 10.4. The number of aromatic nitrogens is 2. The highest BCUT2D eigenvalue weighted by molar-refractivity contribution is 5.05. The van der Waals surface area contributed by atoms with Gasteiger partial charge in [-0.25, -0.2) is 9.97 Å². The molecule has 0 saturated carbocycles. The van der Waals surface area contributed by atoms with Crippen LogP contribution in [0.1, 0.15) is 26.7 Å². The molecule has 78 valence electrons. The molecule has 0 radical (unpaired) electrons. The fourth-order valence-corrected chi connectivity index (χ4v) is 1.06. The van der Waals surface area contributed by atoms with Crippen molar-refractivity contribution in [2.75, 3.05) is 6.61 Å². The lowest BCUT2D eigenvalue weighted by Crippen LogP contribution is -2.01. The molecule has 1 aromatic rings. The Bertz CT molecular complexity index is 279. The SMILES string of the molecule is CC(C)CCCOc1cc(F)ncn1. The van der Waals surface area contributed by atoms with Gasteiger partial charge in [0, 0.05) is 0 Å². The largest absolute Gasteiger partial charge is 0.478 e. The average molecular weight is 198 g/mol. The molecule has 1 aromatic heterocycles. The molecule has 1 rings (SSSR count). The van der Waals surface area contributed by atoms with E-state index in [0.29, 0.717) is 18.4 Å². The van der Waals surface area contributed by atoms with Gasteiger partial charge in [0.05, 0.1) is 12.7 Å². The summed E-state index contributed by atoms with van der Waals surface area (Å²) in [5, 5.41) is 0. The van der Waals surface area contributed by atoms with Crippen molar-refractivity contribution in [2.45, 2.75) is 26.7 Å². The third kappa shape index (κ3) is 4.16. The molecule has 0 unspecified atom stereocenters. The van der Waals surface area contributed by atoms with E-state index in [2.05, 4.69) is 23.8 Å². The summed E-state index contributed by atoms with van der Waals surface area (Å²) in [7, 11) is 0. The van der Waals surface area contributed by atoms with Crippen LogP contribution >= 0.6 is 0 Å². The van der Waals surface area contributed by atoms with Gasteiger partial charge < -0.3 is 4.74 Å². The maximum absolute atomic E-state index is 12.6. The van der Waals surface area contributed by atoms with Crippen molar-refractivity contribution in [3.05, 3.63) is 18.3 Å². The summed E-state index contributed by atoms with van der Waals surface area (Å²) in [5.74, 6) is 0.417. The summed E-state index contributed by atoms with van der Waals surface area (Å²) in [4.78, 5) is 7.12. The van der Waals surface area contributed by atoms with E-state index in [4.69, 9.17) is 4.74 Å². The van der Waals surface area contributed by atoms with Crippen LogP contribution in [0.15, 0.2) is 12.4 Å². The summed E-state index contributed by atoms with van der Waals surface area (Å²) < 4.78 is 17.8. The minimum absolute atomic E-state index is 0.307. The maximum Gasteiger partial charge on any atom is 0.219 e. The van der Waals surface area contributed by atoms with Gasteiger partial charge in [0.2, 0.25) is 11.8 Å². The highest BCUT2D eigenvalue weighted by Crippen LogP contribution is 2.08. The van der Waals surface area contributed by atoms with Gasteiger partial charge in [0.15, 0.2) is 0 Å². The van der Waals surface area contributed by atoms with Crippen molar-refractivity contribution in [1.29, 1.82) is 0 Å². The summed E-state index contributed by atoms with van der Waals surface area (Å²) in [6.45, 7) is 4.89. The van der Waals surface area contributed by atoms with E-state index in [0.717, 1.165) is 19.2 Å². The third-order valence-electron chi connectivity index (χ3n) is 1.78. The Morgan fingerprint density at radius 1 is 1.43 bits per heavy atom. The molecule has 0 aliphatic carbocycles. The Balaban J connectivity index is 2.25.